The molecule has 0 spiro atoms. The zero-order valence-electron chi connectivity index (χ0n) is 24.4. The van der Waals surface area contributed by atoms with E-state index in [1.165, 1.54) is 0 Å². The number of amides is 2. The van der Waals surface area contributed by atoms with Crippen molar-refractivity contribution in [2.45, 2.75) is 70.4 Å². The lowest BCUT2D eigenvalue weighted by Crippen LogP contribution is -2.58. The summed E-state index contributed by atoms with van der Waals surface area (Å²) in [6, 6.07) is 27.1. The van der Waals surface area contributed by atoms with Gasteiger partial charge in [0, 0.05) is 37.8 Å². The second-order valence-electron chi connectivity index (χ2n) is 11.7. The number of piperidine rings is 1. The van der Waals surface area contributed by atoms with Crippen molar-refractivity contribution in [3.8, 4) is 0 Å². The van der Waals surface area contributed by atoms with Crippen LogP contribution in [0.5, 0.6) is 0 Å². The van der Waals surface area contributed by atoms with E-state index in [9.17, 15) is 4.79 Å². The molecule has 6 rings (SSSR count). The van der Waals surface area contributed by atoms with Crippen LogP contribution in [0, 0.1) is 0 Å². The van der Waals surface area contributed by atoms with Gasteiger partial charge < -0.3 is 4.90 Å². The van der Waals surface area contributed by atoms with Crippen molar-refractivity contribution in [2.75, 3.05) is 19.6 Å². The van der Waals surface area contributed by atoms with Crippen LogP contribution in [-0.2, 0) is 16.8 Å². The number of carbonyl (C=O) groups is 2. The highest BCUT2D eigenvalue weighted by molar-refractivity contribution is 6.10. The zero-order valence-corrected chi connectivity index (χ0v) is 24.4. The van der Waals surface area contributed by atoms with Gasteiger partial charge in [0.05, 0.1) is 0 Å². The fraction of sp³-hybridized carbons (Fsp3) is 0.389. The average Bonchev–Trinajstić information content (AvgIpc) is 3.54. The normalized spacial score (nSPS) is 20.6. The molecule has 1 saturated heterocycles. The largest absolute Gasteiger partial charge is 0.331 e. The number of unbranched alkanes of at least 4 members (excludes halogenated alkanes) is 1. The topological polar surface area (TPSA) is 43.9 Å². The van der Waals surface area contributed by atoms with Gasteiger partial charge in [-0.1, -0.05) is 99.5 Å². The van der Waals surface area contributed by atoms with Gasteiger partial charge in [0.15, 0.2) is 0 Å². The summed E-state index contributed by atoms with van der Waals surface area (Å²) in [5.74, 6) is 0.343. The summed E-state index contributed by atoms with van der Waals surface area (Å²) >= 11 is 0. The maximum atomic E-state index is 15.1. The molecular formula is C36H41N3O2. The molecule has 3 aromatic carbocycles. The van der Waals surface area contributed by atoms with Crippen molar-refractivity contribution in [3.05, 3.63) is 107 Å². The number of benzene rings is 3. The highest BCUT2D eigenvalue weighted by atomic mass is 16.2. The first-order valence-corrected chi connectivity index (χ1v) is 15.4. The quantitative estimate of drug-likeness (QED) is 0.291. The monoisotopic (exact) mass is 547 g/mol. The van der Waals surface area contributed by atoms with Crippen LogP contribution in [0.25, 0.3) is 11.6 Å². The molecule has 41 heavy (non-hydrogen) atoms. The lowest BCUT2D eigenvalue weighted by Gasteiger charge is -2.46. The lowest BCUT2D eigenvalue weighted by atomic mass is 9.70. The number of hydrogen-bond acceptors (Lipinski definition) is 3. The summed E-state index contributed by atoms with van der Waals surface area (Å²) in [6.45, 7) is 7.29. The minimum atomic E-state index is -0.716. The second-order valence-corrected chi connectivity index (χ2v) is 11.7. The Hall–Kier alpha value is -3.70. The summed E-state index contributed by atoms with van der Waals surface area (Å²) in [5, 5.41) is 4.36. The van der Waals surface area contributed by atoms with Crippen LogP contribution in [0.15, 0.2) is 78.9 Å². The van der Waals surface area contributed by atoms with E-state index in [-0.39, 0.29) is 17.9 Å². The standard InChI is InChI=1S/C36H41N3O2/c1-3-5-21-36(32-18-12-10-15-28(32)25-33(36)27-13-7-6-8-14-27)35(41)39(22-4-2)37-23-19-30(20-24-37)38-26-29-16-9-11-17-31(29)34(38)40/h6-18,25,30H,3-5,19-24,26H2,1-2H3. The number of fused-ring (bicyclic) bond motifs is 2. The molecule has 0 saturated carbocycles. The molecular weight excluding hydrogens is 506 g/mol. The van der Waals surface area contributed by atoms with Gasteiger partial charge in [-0.05, 0) is 65.7 Å². The molecule has 5 heteroatoms. The SMILES string of the molecule is CCCCC1(C(=O)N(CCC)N2CCC(N3Cc4ccccc4C3=O)CC2)C(c2ccccc2)=Cc2ccccc21. The van der Waals surface area contributed by atoms with E-state index in [1.807, 2.05) is 24.3 Å². The Morgan fingerprint density at radius 2 is 1.61 bits per heavy atom. The first kappa shape index (κ1) is 27.5. The number of nitrogens with zero attached hydrogens (tertiary/aromatic N) is 3. The highest BCUT2D eigenvalue weighted by Gasteiger charge is 2.51. The maximum absolute atomic E-state index is 15.1. The molecule has 5 nitrogen and oxygen atoms in total. The van der Waals surface area contributed by atoms with E-state index in [1.54, 1.807) is 0 Å². The Bertz CT molecular complexity index is 1440. The maximum Gasteiger partial charge on any atom is 0.254 e. The van der Waals surface area contributed by atoms with Crippen LogP contribution in [0.1, 0.15) is 85.0 Å². The summed E-state index contributed by atoms with van der Waals surface area (Å²) in [5.41, 5.74) is 5.78. The summed E-state index contributed by atoms with van der Waals surface area (Å²) in [6.07, 6.45) is 7.68. The third-order valence-electron chi connectivity index (χ3n) is 9.28. The van der Waals surface area contributed by atoms with Crippen molar-refractivity contribution >= 4 is 23.5 Å². The van der Waals surface area contributed by atoms with Crippen molar-refractivity contribution in [2.24, 2.45) is 0 Å². The van der Waals surface area contributed by atoms with Gasteiger partial charge in [0.2, 0.25) is 0 Å². The van der Waals surface area contributed by atoms with Crippen molar-refractivity contribution < 1.29 is 9.59 Å². The fourth-order valence-corrected chi connectivity index (χ4v) is 7.21. The van der Waals surface area contributed by atoms with E-state index >= 15 is 4.79 Å². The molecule has 2 aliphatic heterocycles. The fourth-order valence-electron chi connectivity index (χ4n) is 7.21. The Morgan fingerprint density at radius 1 is 0.902 bits per heavy atom. The van der Waals surface area contributed by atoms with Crippen molar-refractivity contribution in [1.82, 2.24) is 14.9 Å². The van der Waals surface area contributed by atoms with Gasteiger partial charge in [0.1, 0.15) is 5.41 Å². The van der Waals surface area contributed by atoms with Gasteiger partial charge in [0.25, 0.3) is 11.8 Å². The van der Waals surface area contributed by atoms with E-state index in [0.29, 0.717) is 13.1 Å². The molecule has 2 amide bonds. The molecule has 212 valence electrons. The Morgan fingerprint density at radius 3 is 2.34 bits per heavy atom. The molecule has 0 radical (unpaired) electrons. The first-order chi connectivity index (χ1) is 20.1. The number of rotatable bonds is 9. The molecule has 3 aliphatic rings. The number of hydrazine groups is 1. The second kappa shape index (κ2) is 11.7. The first-order valence-electron chi connectivity index (χ1n) is 15.4. The van der Waals surface area contributed by atoms with Crippen LogP contribution in [0.4, 0.5) is 0 Å². The van der Waals surface area contributed by atoms with E-state index < -0.39 is 5.41 Å². The van der Waals surface area contributed by atoms with Gasteiger partial charge >= 0.3 is 0 Å². The van der Waals surface area contributed by atoms with Gasteiger partial charge in [-0.2, -0.15) is 0 Å². The van der Waals surface area contributed by atoms with Crippen molar-refractivity contribution in [1.29, 1.82) is 0 Å². The summed E-state index contributed by atoms with van der Waals surface area (Å²) < 4.78 is 0. The van der Waals surface area contributed by atoms with Crippen LogP contribution in [-0.4, -0.2) is 52.4 Å². The van der Waals surface area contributed by atoms with E-state index in [0.717, 1.165) is 85.0 Å². The van der Waals surface area contributed by atoms with E-state index in [2.05, 4.69) is 89.4 Å². The highest BCUT2D eigenvalue weighted by Crippen LogP contribution is 2.51. The summed E-state index contributed by atoms with van der Waals surface area (Å²) in [7, 11) is 0. The Balaban J connectivity index is 1.29. The van der Waals surface area contributed by atoms with Gasteiger partial charge in [-0.15, -0.1) is 0 Å². The number of carbonyl (C=O) groups excluding carboxylic acids is 2. The zero-order chi connectivity index (χ0) is 28.4. The average molecular weight is 548 g/mol. The van der Waals surface area contributed by atoms with Crippen LogP contribution >= 0.6 is 0 Å². The third kappa shape index (κ3) is 4.80. The molecule has 1 unspecified atom stereocenters. The predicted molar refractivity (Wildman–Crippen MR) is 165 cm³/mol. The van der Waals surface area contributed by atoms with Gasteiger partial charge in [-0.25, -0.2) is 5.01 Å². The molecule has 0 N–H and O–H groups in total. The van der Waals surface area contributed by atoms with Crippen molar-refractivity contribution in [3.63, 3.8) is 0 Å². The molecule has 1 aliphatic carbocycles. The lowest BCUT2D eigenvalue weighted by molar-refractivity contribution is -0.157. The van der Waals surface area contributed by atoms with Crippen LogP contribution < -0.4 is 0 Å². The van der Waals surface area contributed by atoms with Gasteiger partial charge in [-0.3, -0.25) is 14.6 Å². The molecule has 1 atom stereocenters. The van der Waals surface area contributed by atoms with Crippen LogP contribution in [0.2, 0.25) is 0 Å². The molecule has 3 aromatic rings. The minimum absolute atomic E-state index is 0.152. The molecule has 0 bridgehead atoms. The minimum Gasteiger partial charge on any atom is -0.331 e. The third-order valence-corrected chi connectivity index (χ3v) is 9.28. The summed E-state index contributed by atoms with van der Waals surface area (Å²) in [4.78, 5) is 30.4. The molecule has 1 fully saturated rings. The Kier molecular flexibility index (Phi) is 7.81. The predicted octanol–water partition coefficient (Wildman–Crippen LogP) is 6.94. The Labute approximate surface area is 244 Å². The smallest absolute Gasteiger partial charge is 0.254 e. The van der Waals surface area contributed by atoms with Crippen LogP contribution in [0.3, 0.4) is 0 Å². The number of hydrogen-bond donors (Lipinski definition) is 0. The molecule has 2 heterocycles. The van der Waals surface area contributed by atoms with E-state index in [4.69, 9.17) is 0 Å². The molecule has 0 aromatic heterocycles.